The van der Waals surface area contributed by atoms with Gasteiger partial charge in [-0.1, -0.05) is 36.7 Å². The lowest BCUT2D eigenvalue weighted by Crippen LogP contribution is -2.44. The topological polar surface area (TPSA) is 70.2 Å². The minimum atomic E-state index is 0. The average Bonchev–Trinajstić information content (AvgIpc) is 2.87. The summed E-state index contributed by atoms with van der Waals surface area (Å²) in [6, 6.07) is 15.6. The molecule has 2 aliphatic rings. The van der Waals surface area contributed by atoms with Gasteiger partial charge < -0.3 is 10.6 Å². The zero-order valence-corrected chi connectivity index (χ0v) is 13.4. The second kappa shape index (κ2) is 5.77. The highest BCUT2D eigenvalue weighted by molar-refractivity contribution is 6.30. The van der Waals surface area contributed by atoms with E-state index in [9.17, 15) is 5.11 Å². The van der Waals surface area contributed by atoms with E-state index in [1.165, 1.54) is 5.56 Å². The van der Waals surface area contributed by atoms with Crippen molar-refractivity contribution in [1.82, 2.24) is 5.53 Å². The highest BCUT2D eigenvalue weighted by atomic mass is 35.5. The molecule has 0 fully saturated rings. The van der Waals surface area contributed by atoms with E-state index in [0.717, 1.165) is 23.5 Å². The van der Waals surface area contributed by atoms with E-state index in [-0.39, 0.29) is 17.3 Å². The Bertz CT molecular complexity index is 761. The normalized spacial score (nSPS) is 19.3. The predicted octanol–water partition coefficient (Wildman–Crippen LogP) is 3.18. The van der Waals surface area contributed by atoms with Crippen LogP contribution in [0.15, 0.2) is 60.1 Å². The minimum absolute atomic E-state index is 0. The molecule has 0 amide bonds. The number of nitrogens with one attached hydrogen (secondary N) is 1. The van der Waals surface area contributed by atoms with E-state index >= 15 is 0 Å². The van der Waals surface area contributed by atoms with Crippen LogP contribution in [0.1, 0.15) is 12.5 Å². The molecule has 1 atom stereocenters. The molecule has 0 spiro atoms. The Morgan fingerprint density at radius 1 is 1.09 bits per heavy atom. The molecule has 4 N–H and O–H groups in total. The van der Waals surface area contributed by atoms with Gasteiger partial charge >= 0.3 is 0 Å². The van der Waals surface area contributed by atoms with Crippen LogP contribution in [0.4, 0.5) is 11.4 Å². The molecular weight excluding hydrogens is 314 g/mol. The molecule has 0 bridgehead atoms. The third kappa shape index (κ3) is 2.43. The van der Waals surface area contributed by atoms with E-state index in [2.05, 4.69) is 24.6 Å². The Morgan fingerprint density at radius 3 is 2.52 bits per heavy atom. The largest absolute Gasteiger partial charge is 0.492 e. The molecule has 1 unspecified atom stereocenters. The molecule has 0 saturated heterocycles. The van der Waals surface area contributed by atoms with Crippen LogP contribution in [-0.4, -0.2) is 10.6 Å². The lowest BCUT2D eigenvalue weighted by molar-refractivity contribution is 0.382. The molecule has 0 aliphatic carbocycles. The molecule has 2 aromatic carbocycles. The van der Waals surface area contributed by atoms with Crippen molar-refractivity contribution < 1.29 is 10.6 Å². The van der Waals surface area contributed by atoms with Crippen LogP contribution in [0.5, 0.6) is 0 Å². The van der Waals surface area contributed by atoms with Crippen LogP contribution in [0.3, 0.4) is 0 Å². The number of nitrogens with zero attached hydrogens (tertiary/aromatic N) is 2. The molecule has 23 heavy (non-hydrogen) atoms. The molecule has 2 aromatic rings. The van der Waals surface area contributed by atoms with E-state index in [4.69, 9.17) is 11.6 Å². The van der Waals surface area contributed by atoms with Gasteiger partial charge in [-0.3, -0.25) is 5.01 Å². The molecular formula is C17H18ClN3O2. The summed E-state index contributed by atoms with van der Waals surface area (Å²) >= 11 is 5.94. The van der Waals surface area contributed by atoms with E-state index in [0.29, 0.717) is 5.02 Å². The van der Waals surface area contributed by atoms with Crippen molar-refractivity contribution in [3.8, 4) is 0 Å². The van der Waals surface area contributed by atoms with Crippen molar-refractivity contribution in [1.29, 1.82) is 0 Å². The number of aliphatic hydroxyl groups is 1. The fourth-order valence-corrected chi connectivity index (χ4v) is 3.26. The van der Waals surface area contributed by atoms with Crippen LogP contribution in [0, 0.1) is 5.92 Å². The maximum atomic E-state index is 10.7. The summed E-state index contributed by atoms with van der Waals surface area (Å²) in [6.07, 6.45) is 0.919. The van der Waals surface area contributed by atoms with Crippen LogP contribution in [0.25, 0.3) is 0 Å². The minimum Gasteiger partial charge on any atom is -0.492 e. The SMILES string of the molecule is CC1Cc2ccccc2N2NN(c3ccc(Cl)cc3)C(O)=C12.O. The smallest absolute Gasteiger partial charge is 0.229 e. The van der Waals surface area contributed by atoms with Crippen molar-refractivity contribution in [3.05, 3.63) is 70.7 Å². The lowest BCUT2D eigenvalue weighted by Gasteiger charge is -2.32. The van der Waals surface area contributed by atoms with E-state index in [1.807, 2.05) is 41.4 Å². The Morgan fingerprint density at radius 2 is 1.78 bits per heavy atom. The van der Waals surface area contributed by atoms with Crippen molar-refractivity contribution in [2.75, 3.05) is 10.0 Å². The van der Waals surface area contributed by atoms with E-state index < -0.39 is 0 Å². The van der Waals surface area contributed by atoms with Gasteiger partial charge in [0.05, 0.1) is 11.4 Å². The Hall–Kier alpha value is -2.21. The van der Waals surface area contributed by atoms with Gasteiger partial charge in [-0.05, 0) is 42.3 Å². The summed E-state index contributed by atoms with van der Waals surface area (Å²) in [5, 5.41) is 15.0. The summed E-state index contributed by atoms with van der Waals surface area (Å²) in [4.78, 5) is 0. The van der Waals surface area contributed by atoms with Gasteiger partial charge in [-0.15, -0.1) is 5.53 Å². The molecule has 0 saturated carbocycles. The Balaban J connectivity index is 0.00000156. The number of rotatable bonds is 1. The Labute approximate surface area is 139 Å². The molecule has 0 aromatic heterocycles. The first kappa shape index (κ1) is 15.7. The molecule has 2 heterocycles. The first-order valence-corrected chi connectivity index (χ1v) is 7.66. The van der Waals surface area contributed by atoms with Gasteiger partial charge in [0, 0.05) is 10.9 Å². The maximum absolute atomic E-state index is 10.7. The average molecular weight is 332 g/mol. The number of benzene rings is 2. The fourth-order valence-electron chi connectivity index (χ4n) is 3.14. The van der Waals surface area contributed by atoms with Gasteiger partial charge in [0.2, 0.25) is 5.88 Å². The number of fused-ring (bicyclic) bond motifs is 3. The van der Waals surface area contributed by atoms with Crippen LogP contribution >= 0.6 is 11.6 Å². The first-order valence-electron chi connectivity index (χ1n) is 7.28. The second-order valence-electron chi connectivity index (χ2n) is 5.69. The number of hydrazine groups is 2. The number of anilines is 2. The maximum Gasteiger partial charge on any atom is 0.229 e. The van der Waals surface area contributed by atoms with Gasteiger partial charge in [-0.25, -0.2) is 5.01 Å². The van der Waals surface area contributed by atoms with Crippen molar-refractivity contribution in [2.45, 2.75) is 13.3 Å². The number of hydrogen-bond donors (Lipinski definition) is 2. The van der Waals surface area contributed by atoms with Crippen molar-refractivity contribution in [2.24, 2.45) is 5.92 Å². The monoisotopic (exact) mass is 331 g/mol. The molecule has 0 radical (unpaired) electrons. The quantitative estimate of drug-likeness (QED) is 0.842. The van der Waals surface area contributed by atoms with Gasteiger partial charge in [0.25, 0.3) is 0 Å². The van der Waals surface area contributed by atoms with Crippen molar-refractivity contribution in [3.63, 3.8) is 0 Å². The van der Waals surface area contributed by atoms with Crippen LogP contribution < -0.4 is 15.6 Å². The molecule has 5 nitrogen and oxygen atoms in total. The number of aliphatic hydroxyl groups excluding tert-OH is 1. The van der Waals surface area contributed by atoms with Gasteiger partial charge in [-0.2, -0.15) is 0 Å². The summed E-state index contributed by atoms with van der Waals surface area (Å²) in [6.45, 7) is 2.13. The summed E-state index contributed by atoms with van der Waals surface area (Å²) in [5.41, 5.74) is 7.36. The van der Waals surface area contributed by atoms with Gasteiger partial charge in [0.15, 0.2) is 0 Å². The fraction of sp³-hybridized carbons (Fsp3) is 0.176. The summed E-state index contributed by atoms with van der Waals surface area (Å²) < 4.78 is 0. The number of halogens is 1. The van der Waals surface area contributed by atoms with Crippen molar-refractivity contribution >= 4 is 23.0 Å². The number of hydrogen-bond acceptors (Lipinski definition) is 4. The number of para-hydroxylation sites is 1. The molecule has 120 valence electrons. The zero-order valence-electron chi connectivity index (χ0n) is 12.6. The van der Waals surface area contributed by atoms with E-state index in [1.54, 1.807) is 5.01 Å². The molecule has 2 aliphatic heterocycles. The predicted molar refractivity (Wildman–Crippen MR) is 92.1 cm³/mol. The lowest BCUT2D eigenvalue weighted by atomic mass is 9.92. The third-order valence-electron chi connectivity index (χ3n) is 4.19. The highest BCUT2D eigenvalue weighted by Gasteiger charge is 2.38. The summed E-state index contributed by atoms with van der Waals surface area (Å²) in [5.74, 6) is 0.476. The zero-order chi connectivity index (χ0) is 15.3. The highest BCUT2D eigenvalue weighted by Crippen LogP contribution is 2.40. The van der Waals surface area contributed by atoms with Gasteiger partial charge in [0.1, 0.15) is 5.70 Å². The molecule has 4 rings (SSSR count). The first-order chi connectivity index (χ1) is 10.6. The summed E-state index contributed by atoms with van der Waals surface area (Å²) in [7, 11) is 0. The van der Waals surface area contributed by atoms with Crippen LogP contribution in [0.2, 0.25) is 5.02 Å². The van der Waals surface area contributed by atoms with Crippen LogP contribution in [-0.2, 0) is 6.42 Å². The second-order valence-corrected chi connectivity index (χ2v) is 6.13. The third-order valence-corrected chi connectivity index (χ3v) is 4.44. The number of allylic oxidation sites excluding steroid dienone is 1. The standard InChI is InChI=1S/C17H16ClN3O.H2O/c1-11-10-12-4-2-3-5-15(12)21-16(11)17(22)20(19-21)14-8-6-13(18)7-9-14;/h2-9,11,19,22H,10H2,1H3;1H2. The Kier molecular flexibility index (Phi) is 3.93. The molecule has 6 heteroatoms.